The Labute approximate surface area is 150 Å². The van der Waals surface area contributed by atoms with Crippen molar-refractivity contribution in [1.29, 1.82) is 0 Å². The van der Waals surface area contributed by atoms with Crippen LogP contribution in [0.15, 0.2) is 24.3 Å². The van der Waals surface area contributed by atoms with Crippen molar-refractivity contribution < 1.29 is 9.18 Å². The first-order valence-corrected chi connectivity index (χ1v) is 9.55. The minimum Gasteiger partial charge on any atom is -0.341 e. The average Bonchev–Trinajstić information content (AvgIpc) is 3.16. The molecule has 2 atom stereocenters. The highest BCUT2D eigenvalue weighted by atomic mass is 19.1. The molecular weight excluding hydrogens is 317 g/mol. The summed E-state index contributed by atoms with van der Waals surface area (Å²) in [7, 11) is 0. The topological polar surface area (TPSA) is 26.8 Å². The van der Waals surface area contributed by atoms with Crippen molar-refractivity contribution in [2.45, 2.75) is 38.6 Å². The summed E-state index contributed by atoms with van der Waals surface area (Å²) in [6.45, 7) is 10.9. The second-order valence-corrected chi connectivity index (χ2v) is 7.50. The average molecular weight is 347 g/mol. The molecule has 2 fully saturated rings. The molecule has 0 bridgehead atoms. The number of nitrogens with zero attached hydrogens (tertiary/aromatic N) is 3. The van der Waals surface area contributed by atoms with Crippen LogP contribution in [0.3, 0.4) is 0 Å². The molecule has 1 aromatic carbocycles. The molecule has 1 aromatic rings. The smallest absolute Gasteiger partial charge is 0.239 e. The maximum Gasteiger partial charge on any atom is 0.239 e. The highest BCUT2D eigenvalue weighted by Crippen LogP contribution is 2.19. The first kappa shape index (κ1) is 18.3. The third kappa shape index (κ3) is 4.59. The minimum atomic E-state index is -0.179. The van der Waals surface area contributed by atoms with Crippen LogP contribution in [0.2, 0.25) is 0 Å². The largest absolute Gasteiger partial charge is 0.341 e. The van der Waals surface area contributed by atoms with Crippen LogP contribution >= 0.6 is 0 Å². The van der Waals surface area contributed by atoms with E-state index in [0.717, 1.165) is 58.7 Å². The fraction of sp³-hybridized carbons (Fsp3) is 0.650. The molecule has 2 saturated heterocycles. The van der Waals surface area contributed by atoms with Gasteiger partial charge < -0.3 is 9.80 Å². The SMILES string of the molecule is C[C@H](CN1CCN([C@@H](C)C(=O)N2CCCC2)CC1)c1ccc(F)cc1. The van der Waals surface area contributed by atoms with E-state index >= 15 is 0 Å². The maximum absolute atomic E-state index is 13.1. The number of carbonyl (C=O) groups excluding carboxylic acids is 1. The second kappa shape index (κ2) is 8.28. The number of carbonyl (C=O) groups is 1. The summed E-state index contributed by atoms with van der Waals surface area (Å²) in [6, 6.07) is 6.83. The Morgan fingerprint density at radius 2 is 1.60 bits per heavy atom. The van der Waals surface area contributed by atoms with Gasteiger partial charge >= 0.3 is 0 Å². The number of piperazine rings is 1. The predicted molar refractivity (Wildman–Crippen MR) is 98.1 cm³/mol. The van der Waals surface area contributed by atoms with E-state index in [2.05, 4.69) is 23.6 Å². The third-order valence-electron chi connectivity index (χ3n) is 5.70. The van der Waals surface area contributed by atoms with Gasteiger partial charge in [-0.15, -0.1) is 0 Å². The number of halogens is 1. The van der Waals surface area contributed by atoms with E-state index < -0.39 is 0 Å². The number of amides is 1. The zero-order chi connectivity index (χ0) is 17.8. The highest BCUT2D eigenvalue weighted by Gasteiger charge is 2.30. The molecule has 0 aliphatic carbocycles. The van der Waals surface area contributed by atoms with Crippen molar-refractivity contribution in [2.24, 2.45) is 0 Å². The first-order chi connectivity index (χ1) is 12.0. The van der Waals surface area contributed by atoms with Gasteiger partial charge in [0, 0.05) is 45.8 Å². The third-order valence-corrected chi connectivity index (χ3v) is 5.70. The summed E-state index contributed by atoms with van der Waals surface area (Å²) >= 11 is 0. The Morgan fingerprint density at radius 3 is 2.20 bits per heavy atom. The lowest BCUT2D eigenvalue weighted by Gasteiger charge is -2.39. The number of rotatable bonds is 5. The van der Waals surface area contributed by atoms with Gasteiger partial charge in [0.1, 0.15) is 5.82 Å². The van der Waals surface area contributed by atoms with Crippen LogP contribution < -0.4 is 0 Å². The molecule has 3 rings (SSSR count). The van der Waals surface area contributed by atoms with Crippen molar-refractivity contribution in [2.75, 3.05) is 45.8 Å². The van der Waals surface area contributed by atoms with E-state index in [1.165, 1.54) is 17.7 Å². The Balaban J connectivity index is 1.46. The van der Waals surface area contributed by atoms with Gasteiger partial charge in [0.25, 0.3) is 0 Å². The summed E-state index contributed by atoms with van der Waals surface area (Å²) < 4.78 is 13.1. The molecule has 0 saturated carbocycles. The van der Waals surface area contributed by atoms with Gasteiger partial charge in [0.15, 0.2) is 0 Å². The van der Waals surface area contributed by atoms with Crippen molar-refractivity contribution in [3.05, 3.63) is 35.6 Å². The summed E-state index contributed by atoms with van der Waals surface area (Å²) in [6.07, 6.45) is 2.29. The van der Waals surface area contributed by atoms with E-state index in [1.54, 1.807) is 0 Å². The van der Waals surface area contributed by atoms with Gasteiger partial charge in [-0.1, -0.05) is 19.1 Å². The first-order valence-electron chi connectivity index (χ1n) is 9.55. The van der Waals surface area contributed by atoms with Crippen molar-refractivity contribution >= 4 is 5.91 Å². The van der Waals surface area contributed by atoms with Gasteiger partial charge in [-0.3, -0.25) is 9.69 Å². The normalized spacial score (nSPS) is 22.1. The van der Waals surface area contributed by atoms with Crippen LogP contribution in [0.5, 0.6) is 0 Å². The number of hydrogen-bond donors (Lipinski definition) is 0. The zero-order valence-corrected chi connectivity index (χ0v) is 15.5. The lowest BCUT2D eigenvalue weighted by molar-refractivity contribution is -0.136. The minimum absolute atomic E-state index is 0.00484. The fourth-order valence-corrected chi connectivity index (χ4v) is 3.98. The van der Waals surface area contributed by atoms with Crippen LogP contribution in [0.25, 0.3) is 0 Å². The molecule has 0 spiro atoms. The quantitative estimate of drug-likeness (QED) is 0.819. The fourth-order valence-electron chi connectivity index (χ4n) is 3.98. The number of benzene rings is 1. The van der Waals surface area contributed by atoms with Gasteiger partial charge in [-0.05, 0) is 43.4 Å². The summed E-state index contributed by atoms with van der Waals surface area (Å²) in [5.41, 5.74) is 1.18. The van der Waals surface area contributed by atoms with Gasteiger partial charge in [0.05, 0.1) is 6.04 Å². The van der Waals surface area contributed by atoms with E-state index in [1.807, 2.05) is 17.0 Å². The molecule has 2 heterocycles. The Morgan fingerprint density at radius 1 is 1.00 bits per heavy atom. The van der Waals surface area contributed by atoms with Crippen LogP contribution in [0.1, 0.15) is 38.2 Å². The van der Waals surface area contributed by atoms with Crippen LogP contribution in [-0.4, -0.2) is 72.5 Å². The monoisotopic (exact) mass is 347 g/mol. The molecule has 2 aliphatic rings. The molecule has 138 valence electrons. The maximum atomic E-state index is 13.1. The second-order valence-electron chi connectivity index (χ2n) is 7.50. The van der Waals surface area contributed by atoms with Crippen LogP contribution in [-0.2, 0) is 4.79 Å². The molecule has 0 aromatic heterocycles. The zero-order valence-electron chi connectivity index (χ0n) is 15.5. The molecule has 0 unspecified atom stereocenters. The van der Waals surface area contributed by atoms with Gasteiger partial charge in [-0.2, -0.15) is 0 Å². The molecule has 1 amide bonds. The molecule has 25 heavy (non-hydrogen) atoms. The van der Waals surface area contributed by atoms with E-state index in [0.29, 0.717) is 11.8 Å². The predicted octanol–water partition coefficient (Wildman–Crippen LogP) is 2.56. The Kier molecular flexibility index (Phi) is 6.07. The number of likely N-dealkylation sites (tertiary alicyclic amines) is 1. The van der Waals surface area contributed by atoms with E-state index in [-0.39, 0.29) is 11.9 Å². The number of hydrogen-bond acceptors (Lipinski definition) is 3. The van der Waals surface area contributed by atoms with Crippen LogP contribution in [0.4, 0.5) is 4.39 Å². The molecule has 5 heteroatoms. The highest BCUT2D eigenvalue weighted by molar-refractivity contribution is 5.81. The lowest BCUT2D eigenvalue weighted by atomic mass is 10.0. The lowest BCUT2D eigenvalue weighted by Crippen LogP contribution is -2.54. The van der Waals surface area contributed by atoms with Crippen molar-refractivity contribution in [3.8, 4) is 0 Å². The van der Waals surface area contributed by atoms with Gasteiger partial charge in [-0.25, -0.2) is 4.39 Å². The summed E-state index contributed by atoms with van der Waals surface area (Å²) in [5, 5.41) is 0. The van der Waals surface area contributed by atoms with Crippen molar-refractivity contribution in [3.63, 3.8) is 0 Å². The molecule has 0 N–H and O–H groups in total. The molecule has 0 radical (unpaired) electrons. The molecule has 4 nitrogen and oxygen atoms in total. The van der Waals surface area contributed by atoms with Crippen LogP contribution in [0, 0.1) is 5.82 Å². The summed E-state index contributed by atoms with van der Waals surface area (Å²) in [5.74, 6) is 0.502. The van der Waals surface area contributed by atoms with Crippen molar-refractivity contribution in [1.82, 2.24) is 14.7 Å². The summed E-state index contributed by atoms with van der Waals surface area (Å²) in [4.78, 5) is 19.4. The van der Waals surface area contributed by atoms with E-state index in [4.69, 9.17) is 0 Å². The molecule has 2 aliphatic heterocycles. The Hall–Kier alpha value is -1.46. The molecular formula is C20H30FN3O. The Bertz CT molecular complexity index is 563. The van der Waals surface area contributed by atoms with E-state index in [9.17, 15) is 9.18 Å². The van der Waals surface area contributed by atoms with Gasteiger partial charge in [0.2, 0.25) is 5.91 Å². The standard InChI is InChI=1S/C20H30FN3O/c1-16(18-5-7-19(21)8-6-18)15-22-11-13-23(14-12-22)17(2)20(25)24-9-3-4-10-24/h5-8,16-17H,3-4,9-15H2,1-2H3/t16-,17+/m1/s1.